The summed E-state index contributed by atoms with van der Waals surface area (Å²) in [5, 5.41) is 12.0. The van der Waals surface area contributed by atoms with Crippen molar-refractivity contribution in [3.63, 3.8) is 0 Å². The van der Waals surface area contributed by atoms with Gasteiger partial charge in [0.25, 0.3) is 0 Å². The molecular weight excluding hydrogens is 250 g/mol. The maximum atomic E-state index is 11.3. The van der Waals surface area contributed by atoms with Gasteiger partial charge in [0.1, 0.15) is 5.75 Å². The molecule has 98 valence electrons. The molecule has 19 heavy (non-hydrogen) atoms. The number of benzene rings is 1. The number of ether oxygens (including phenoxy) is 1. The van der Waals surface area contributed by atoms with Gasteiger partial charge in [0.2, 0.25) is 0 Å². The van der Waals surface area contributed by atoms with Gasteiger partial charge in [-0.3, -0.25) is 0 Å². The second-order valence-corrected chi connectivity index (χ2v) is 3.86. The fourth-order valence-electron chi connectivity index (χ4n) is 1.49. The Kier molecular flexibility index (Phi) is 3.61. The standard InChI is InChI=1S/C13H11NO5/c1-8-11(13(17)19-14-8)6-9-2-4-10(5-3-9)18-7-12(15)16/h2-6H,7H2,1H3,(H,15,16)/b11-6-. The molecule has 0 aromatic heterocycles. The number of aliphatic carboxylic acids is 1. The largest absolute Gasteiger partial charge is 0.482 e. The van der Waals surface area contributed by atoms with Gasteiger partial charge in [-0.1, -0.05) is 17.3 Å². The lowest BCUT2D eigenvalue weighted by Crippen LogP contribution is -2.09. The van der Waals surface area contributed by atoms with Crippen LogP contribution < -0.4 is 4.74 Å². The smallest absolute Gasteiger partial charge is 0.367 e. The number of carboxylic acids is 1. The summed E-state index contributed by atoms with van der Waals surface area (Å²) in [6, 6.07) is 6.68. The molecule has 1 heterocycles. The van der Waals surface area contributed by atoms with Gasteiger partial charge in [-0.25, -0.2) is 9.59 Å². The van der Waals surface area contributed by atoms with Crippen molar-refractivity contribution in [2.24, 2.45) is 5.16 Å². The molecule has 0 atom stereocenters. The first-order valence-electron chi connectivity index (χ1n) is 5.49. The van der Waals surface area contributed by atoms with E-state index in [9.17, 15) is 9.59 Å². The molecule has 0 aliphatic carbocycles. The van der Waals surface area contributed by atoms with Crippen molar-refractivity contribution < 1.29 is 24.3 Å². The number of hydrogen-bond acceptors (Lipinski definition) is 5. The lowest BCUT2D eigenvalue weighted by atomic mass is 10.1. The Labute approximate surface area is 108 Å². The molecule has 1 aromatic carbocycles. The number of carbonyl (C=O) groups excluding carboxylic acids is 1. The maximum absolute atomic E-state index is 11.3. The number of oxime groups is 1. The Morgan fingerprint density at radius 1 is 1.42 bits per heavy atom. The predicted octanol–water partition coefficient (Wildman–Crippen LogP) is 1.47. The molecule has 0 amide bonds. The van der Waals surface area contributed by atoms with Crippen LogP contribution in [0, 0.1) is 0 Å². The molecule has 0 bridgehead atoms. The minimum atomic E-state index is -1.04. The molecule has 0 spiro atoms. The van der Waals surface area contributed by atoms with Crippen LogP contribution >= 0.6 is 0 Å². The van der Waals surface area contributed by atoms with Crippen molar-refractivity contribution in [3.05, 3.63) is 35.4 Å². The van der Waals surface area contributed by atoms with E-state index in [0.717, 1.165) is 5.56 Å². The van der Waals surface area contributed by atoms with E-state index in [1.165, 1.54) is 0 Å². The molecule has 2 rings (SSSR count). The molecule has 6 heteroatoms. The van der Waals surface area contributed by atoms with E-state index in [-0.39, 0.29) is 0 Å². The van der Waals surface area contributed by atoms with Crippen molar-refractivity contribution >= 4 is 23.7 Å². The second kappa shape index (κ2) is 5.34. The summed E-state index contributed by atoms with van der Waals surface area (Å²) in [5.74, 6) is -1.07. The first-order chi connectivity index (χ1) is 9.06. The number of hydrogen-bond donors (Lipinski definition) is 1. The third-order valence-electron chi connectivity index (χ3n) is 2.43. The number of nitrogens with zero attached hydrogens (tertiary/aromatic N) is 1. The zero-order valence-corrected chi connectivity index (χ0v) is 10.1. The minimum absolute atomic E-state index is 0.390. The van der Waals surface area contributed by atoms with Gasteiger partial charge in [-0.05, 0) is 30.7 Å². The van der Waals surface area contributed by atoms with Gasteiger partial charge in [0.05, 0.1) is 11.3 Å². The summed E-state index contributed by atoms with van der Waals surface area (Å²) in [6.07, 6.45) is 1.65. The van der Waals surface area contributed by atoms with E-state index in [1.807, 2.05) is 0 Å². The van der Waals surface area contributed by atoms with Gasteiger partial charge >= 0.3 is 11.9 Å². The van der Waals surface area contributed by atoms with E-state index < -0.39 is 18.5 Å². The summed E-state index contributed by atoms with van der Waals surface area (Å²) in [4.78, 5) is 26.2. The van der Waals surface area contributed by atoms with Gasteiger partial charge in [0.15, 0.2) is 6.61 Å². The highest BCUT2D eigenvalue weighted by Crippen LogP contribution is 2.18. The third kappa shape index (κ3) is 3.19. The van der Waals surface area contributed by atoms with Crippen LogP contribution in [0.2, 0.25) is 0 Å². The molecule has 1 aliphatic heterocycles. The van der Waals surface area contributed by atoms with Gasteiger partial charge in [0, 0.05) is 0 Å². The fraction of sp³-hybridized carbons (Fsp3) is 0.154. The molecule has 0 saturated carbocycles. The minimum Gasteiger partial charge on any atom is -0.482 e. The Morgan fingerprint density at radius 3 is 2.63 bits per heavy atom. The first kappa shape index (κ1) is 12.8. The van der Waals surface area contributed by atoms with Crippen LogP contribution in [-0.4, -0.2) is 29.4 Å². The van der Waals surface area contributed by atoms with E-state index in [2.05, 4.69) is 9.99 Å². The monoisotopic (exact) mass is 261 g/mol. The quantitative estimate of drug-likeness (QED) is 0.655. The zero-order valence-electron chi connectivity index (χ0n) is 10.1. The van der Waals surface area contributed by atoms with E-state index in [1.54, 1.807) is 37.3 Å². The van der Waals surface area contributed by atoms with Crippen molar-refractivity contribution in [3.8, 4) is 5.75 Å². The molecule has 0 radical (unpaired) electrons. The van der Waals surface area contributed by atoms with Crippen LogP contribution in [0.15, 0.2) is 35.0 Å². The molecule has 1 aromatic rings. The first-order valence-corrected chi connectivity index (χ1v) is 5.49. The number of carbonyl (C=O) groups is 2. The van der Waals surface area contributed by atoms with Crippen molar-refractivity contribution in [1.29, 1.82) is 0 Å². The lowest BCUT2D eigenvalue weighted by molar-refractivity contribution is -0.139. The van der Waals surface area contributed by atoms with Crippen LogP contribution in [0.3, 0.4) is 0 Å². The Hall–Kier alpha value is -2.63. The average molecular weight is 261 g/mol. The van der Waals surface area contributed by atoms with Crippen LogP contribution in [0.1, 0.15) is 12.5 Å². The van der Waals surface area contributed by atoms with Crippen molar-refractivity contribution in [2.75, 3.05) is 6.61 Å². The normalized spacial score (nSPS) is 16.2. The van der Waals surface area contributed by atoms with Crippen LogP contribution in [0.4, 0.5) is 0 Å². The third-order valence-corrected chi connectivity index (χ3v) is 2.43. The van der Waals surface area contributed by atoms with E-state index >= 15 is 0 Å². The molecule has 1 N–H and O–H groups in total. The molecular formula is C13H11NO5. The molecule has 0 saturated heterocycles. The Balaban J connectivity index is 2.11. The van der Waals surface area contributed by atoms with Gasteiger partial charge in [-0.2, -0.15) is 0 Å². The molecule has 0 fully saturated rings. The Morgan fingerprint density at radius 2 is 2.11 bits per heavy atom. The predicted molar refractivity (Wildman–Crippen MR) is 66.8 cm³/mol. The lowest BCUT2D eigenvalue weighted by Gasteiger charge is -2.03. The molecule has 6 nitrogen and oxygen atoms in total. The summed E-state index contributed by atoms with van der Waals surface area (Å²) >= 11 is 0. The molecule has 1 aliphatic rings. The van der Waals surface area contributed by atoms with Crippen LogP contribution in [0.5, 0.6) is 5.75 Å². The fourth-order valence-corrected chi connectivity index (χ4v) is 1.49. The maximum Gasteiger partial charge on any atom is 0.367 e. The topological polar surface area (TPSA) is 85.2 Å². The van der Waals surface area contributed by atoms with E-state index in [4.69, 9.17) is 9.84 Å². The summed E-state index contributed by atoms with van der Waals surface area (Å²) in [7, 11) is 0. The number of rotatable bonds is 4. The van der Waals surface area contributed by atoms with Crippen molar-refractivity contribution in [2.45, 2.75) is 6.92 Å². The number of carboxylic acid groups (broad SMARTS) is 1. The average Bonchev–Trinajstić information content (AvgIpc) is 2.70. The molecule has 0 unspecified atom stereocenters. The van der Waals surface area contributed by atoms with Crippen LogP contribution in [0.25, 0.3) is 6.08 Å². The Bertz CT molecular complexity index is 571. The summed E-state index contributed by atoms with van der Waals surface area (Å²) < 4.78 is 5.00. The second-order valence-electron chi connectivity index (χ2n) is 3.86. The van der Waals surface area contributed by atoms with Crippen LogP contribution in [-0.2, 0) is 14.4 Å². The zero-order chi connectivity index (χ0) is 13.8. The highest BCUT2D eigenvalue weighted by atomic mass is 16.7. The highest BCUT2D eigenvalue weighted by molar-refractivity contribution is 6.24. The highest BCUT2D eigenvalue weighted by Gasteiger charge is 2.21. The summed E-state index contributed by atoms with van der Waals surface area (Å²) in [6.45, 7) is 1.29. The van der Waals surface area contributed by atoms with Crippen molar-refractivity contribution in [1.82, 2.24) is 0 Å². The SMILES string of the molecule is CC1=NOC(=O)/C1=C\c1ccc(OCC(=O)O)cc1. The van der Waals surface area contributed by atoms with Gasteiger partial charge in [-0.15, -0.1) is 0 Å². The summed E-state index contributed by atoms with van der Waals surface area (Å²) in [5.41, 5.74) is 1.70. The van der Waals surface area contributed by atoms with Gasteiger partial charge < -0.3 is 14.7 Å². The van der Waals surface area contributed by atoms with E-state index in [0.29, 0.717) is 17.0 Å².